The van der Waals surface area contributed by atoms with Gasteiger partial charge in [-0.2, -0.15) is 8.78 Å². The third kappa shape index (κ3) is 12.3. The lowest BCUT2D eigenvalue weighted by molar-refractivity contribution is -0.150. The second-order valence-corrected chi connectivity index (χ2v) is 23.1. The Morgan fingerprint density at radius 3 is 2.43 bits per heavy atom. The van der Waals surface area contributed by atoms with Gasteiger partial charge in [0.1, 0.15) is 24.2 Å². The first kappa shape index (κ1) is 54.4. The topological polar surface area (TPSA) is 212 Å². The van der Waals surface area contributed by atoms with Crippen molar-refractivity contribution in [2.45, 2.75) is 128 Å². The highest BCUT2D eigenvalue weighted by atomic mass is 32.1. The van der Waals surface area contributed by atoms with Gasteiger partial charge in [0.15, 0.2) is 0 Å². The van der Waals surface area contributed by atoms with E-state index in [0.717, 1.165) is 78.7 Å². The van der Waals surface area contributed by atoms with Gasteiger partial charge < -0.3 is 39.3 Å². The number of alkyl halides is 2. The van der Waals surface area contributed by atoms with Gasteiger partial charge in [0, 0.05) is 66.9 Å². The van der Waals surface area contributed by atoms with Crippen LogP contribution in [0.4, 0.5) is 8.78 Å². The number of carbonyl (C=O) groups is 6. The largest absolute Gasteiger partial charge is 0.399 e. The van der Waals surface area contributed by atoms with E-state index < -0.39 is 66.2 Å². The Balaban J connectivity index is 0.853. The van der Waals surface area contributed by atoms with Gasteiger partial charge in [0.05, 0.1) is 24.1 Å². The molecular weight excluding hydrogens is 996 g/mol. The van der Waals surface area contributed by atoms with Crippen LogP contribution in [0.15, 0.2) is 72.8 Å². The summed E-state index contributed by atoms with van der Waals surface area (Å²) in [4.78, 5) is 104. The van der Waals surface area contributed by atoms with E-state index in [2.05, 4.69) is 22.5 Å². The molecule has 4 N–H and O–H groups in total. The Morgan fingerprint density at radius 1 is 0.959 bits per heavy atom. The summed E-state index contributed by atoms with van der Waals surface area (Å²) in [5.74, 6) is 4.10. The maximum absolute atomic E-state index is 14.8. The molecule has 0 spiro atoms. The number of benzene rings is 3. The van der Waals surface area contributed by atoms with E-state index in [9.17, 15) is 51.9 Å². The summed E-state index contributed by atoms with van der Waals surface area (Å²) in [5.41, 5.74) is -3.16. The summed E-state index contributed by atoms with van der Waals surface area (Å²) < 4.78 is 53.6. The maximum atomic E-state index is 14.8. The van der Waals surface area contributed by atoms with Crippen molar-refractivity contribution in [3.05, 3.63) is 105 Å². The Morgan fingerprint density at radius 2 is 1.70 bits per heavy atom. The van der Waals surface area contributed by atoms with Crippen LogP contribution in [0.3, 0.4) is 0 Å². The average molecular weight is 1060 g/mol. The van der Waals surface area contributed by atoms with Crippen LogP contribution in [0.5, 0.6) is 0 Å². The molecule has 3 aromatic carbocycles. The van der Waals surface area contributed by atoms with Crippen molar-refractivity contribution in [2.24, 2.45) is 5.41 Å². The highest BCUT2D eigenvalue weighted by Crippen LogP contribution is 2.59. The molecule has 0 radical (unpaired) electrons. The summed E-state index contributed by atoms with van der Waals surface area (Å²) in [5, 5.41) is 5.37. The van der Waals surface area contributed by atoms with Crippen LogP contribution < -0.4 is 10.6 Å². The van der Waals surface area contributed by atoms with Crippen LogP contribution in [0.25, 0.3) is 10.1 Å². The second-order valence-electron chi connectivity index (χ2n) is 20.4. The predicted molar refractivity (Wildman–Crippen MR) is 272 cm³/mol. The van der Waals surface area contributed by atoms with Gasteiger partial charge in [0.25, 0.3) is 11.8 Å². The van der Waals surface area contributed by atoms with E-state index in [4.69, 9.17) is 9.47 Å². The molecule has 0 aliphatic carbocycles. The van der Waals surface area contributed by atoms with Crippen molar-refractivity contribution >= 4 is 64.5 Å². The molecule has 1 aromatic heterocycles. The highest BCUT2D eigenvalue weighted by molar-refractivity contribution is 7.52. The number of halogens is 2. The Bertz CT molecular complexity index is 2890. The van der Waals surface area contributed by atoms with Crippen LogP contribution >= 0.6 is 18.9 Å². The summed E-state index contributed by atoms with van der Waals surface area (Å²) in [6, 6.07) is 16.8. The van der Waals surface area contributed by atoms with E-state index >= 15 is 0 Å². The van der Waals surface area contributed by atoms with Gasteiger partial charge in [0.2, 0.25) is 23.6 Å². The number of hydrogen-bond acceptors (Lipinski definition) is 10. The SMILES string of the molecule is CC(C)(C)C(NC(=O)c1cc2cc(C(F)(F)P(=O)(O)O)ccc2s1)C(=O)N1C[C@@H](OCCCCCCCCC#Cc2cccc3c2CN(C2CCC(=O)NC2=O)C3=O)C[C@H]1C(=O)N1CCO[C@H](c2ccccc2)C1. The molecule has 5 heterocycles. The number of likely N-dealkylation sites (tertiary alicyclic amines) is 1. The van der Waals surface area contributed by atoms with Gasteiger partial charge in [-0.25, -0.2) is 0 Å². The van der Waals surface area contributed by atoms with Crippen LogP contribution in [0.1, 0.15) is 133 Å². The number of thiophene rings is 1. The first-order valence-corrected chi connectivity index (χ1v) is 27.6. The van der Waals surface area contributed by atoms with Crippen molar-refractivity contribution in [3.8, 4) is 11.8 Å². The van der Waals surface area contributed by atoms with Gasteiger partial charge >= 0.3 is 13.3 Å². The van der Waals surface area contributed by atoms with E-state index in [1.54, 1.807) is 37.8 Å². The van der Waals surface area contributed by atoms with Crippen molar-refractivity contribution in [1.29, 1.82) is 0 Å². The van der Waals surface area contributed by atoms with Crippen molar-refractivity contribution < 1.29 is 61.4 Å². The average Bonchev–Trinajstić information content (AvgIpc) is 4.09. The monoisotopic (exact) mass is 1060 g/mol. The third-order valence-corrected chi connectivity index (χ3v) is 16.2. The molecule has 0 bridgehead atoms. The van der Waals surface area contributed by atoms with Gasteiger partial charge in [-0.3, -0.25) is 38.6 Å². The lowest BCUT2D eigenvalue weighted by atomic mass is 9.85. The molecule has 394 valence electrons. The van der Waals surface area contributed by atoms with Crippen molar-refractivity contribution in [2.75, 3.05) is 32.8 Å². The van der Waals surface area contributed by atoms with Crippen LogP contribution in [-0.4, -0.2) is 117 Å². The number of amides is 6. The first-order chi connectivity index (χ1) is 35.2. The molecule has 8 rings (SSSR count). The van der Waals surface area contributed by atoms with Crippen molar-refractivity contribution in [1.82, 2.24) is 25.3 Å². The van der Waals surface area contributed by atoms with Crippen LogP contribution in [0, 0.1) is 17.3 Å². The quantitative estimate of drug-likeness (QED) is 0.0354. The summed E-state index contributed by atoms with van der Waals surface area (Å²) in [7, 11) is -5.83. The molecule has 5 atom stereocenters. The van der Waals surface area contributed by atoms with Crippen molar-refractivity contribution in [3.63, 3.8) is 0 Å². The number of morpholine rings is 1. The molecule has 4 aliphatic rings. The van der Waals surface area contributed by atoms with Gasteiger partial charge in [-0.1, -0.05) is 101 Å². The number of unbranched alkanes of at least 4 members (excludes halogenated alkanes) is 6. The fourth-order valence-electron chi connectivity index (χ4n) is 9.99. The normalized spacial score (nSPS) is 20.8. The Hall–Kier alpha value is -5.87. The van der Waals surface area contributed by atoms with Crippen LogP contribution in [0.2, 0.25) is 0 Å². The molecule has 74 heavy (non-hydrogen) atoms. The number of nitrogens with zero attached hydrogens (tertiary/aromatic N) is 3. The maximum Gasteiger partial charge on any atom is 0.399 e. The zero-order chi connectivity index (χ0) is 53.0. The smallest absolute Gasteiger partial charge is 0.376 e. The molecule has 2 unspecified atom stereocenters. The summed E-state index contributed by atoms with van der Waals surface area (Å²) in [6.07, 6.45) is 6.16. The number of imide groups is 1. The molecule has 4 aliphatic heterocycles. The molecule has 20 heteroatoms. The number of carbonyl (C=O) groups excluding carboxylic acids is 6. The zero-order valence-electron chi connectivity index (χ0n) is 41.7. The van der Waals surface area contributed by atoms with E-state index in [-0.39, 0.29) is 66.6 Å². The standard InChI is InChI=1S/C54H62F2N5O11PS/c1-53(2,3)47(58-49(64)45-29-36-28-37(21-23-44(36)74-45)54(55,56)73(68,69)70)52(67)60-31-38(30-42(60)51(66)59-25-27-72-43(33-59)35-17-12-10-13-18-35)71-26-14-9-7-5-4-6-8-11-16-34-19-15-20-39-40(34)32-61(50(39)65)41-22-24-46(62)57-48(41)63/h10,12-13,15,17-21,23,28-29,38,41-43,47H,4-9,14,22,24-27,30-33H2,1-3H3,(H,58,64)(H,57,62,63)(H2,68,69,70)/t38-,41?,42-,43-,47?/m0/s1. The molecule has 16 nitrogen and oxygen atoms in total. The number of ether oxygens (including phenoxy) is 2. The molecule has 4 aromatic rings. The number of fused-ring (bicyclic) bond motifs is 2. The molecule has 3 fully saturated rings. The van der Waals surface area contributed by atoms with Gasteiger partial charge in [-0.05, 0) is 71.5 Å². The Kier molecular flexibility index (Phi) is 16.9. The number of nitrogens with one attached hydrogen (secondary N) is 2. The minimum absolute atomic E-state index is 0.0937. The highest BCUT2D eigenvalue weighted by Gasteiger charge is 2.51. The zero-order valence-corrected chi connectivity index (χ0v) is 43.4. The lowest BCUT2D eigenvalue weighted by Gasteiger charge is -2.38. The van der Waals surface area contributed by atoms with E-state index in [0.29, 0.717) is 42.9 Å². The summed E-state index contributed by atoms with van der Waals surface area (Å²) in [6.45, 7) is 7.11. The fraction of sp³-hybridized carbons (Fsp3) is 0.481. The number of hydrogen-bond donors (Lipinski definition) is 4. The lowest BCUT2D eigenvalue weighted by Crippen LogP contribution is -2.58. The number of rotatable bonds is 17. The fourth-order valence-corrected chi connectivity index (χ4v) is 11.4. The number of piperidine rings is 1. The minimum atomic E-state index is -5.83. The first-order valence-electron chi connectivity index (χ1n) is 25.1. The minimum Gasteiger partial charge on any atom is -0.376 e. The van der Waals surface area contributed by atoms with E-state index in [1.807, 2.05) is 36.4 Å². The van der Waals surface area contributed by atoms with Crippen LogP contribution in [-0.2, 0) is 45.4 Å². The Labute approximate surface area is 432 Å². The predicted octanol–water partition coefficient (Wildman–Crippen LogP) is 7.40. The second kappa shape index (κ2) is 22.9. The molecular formula is C54H62F2N5O11PS. The van der Waals surface area contributed by atoms with E-state index in [1.165, 1.54) is 21.9 Å². The summed E-state index contributed by atoms with van der Waals surface area (Å²) >= 11 is 0.979. The molecule has 0 saturated carbocycles. The van der Waals surface area contributed by atoms with Gasteiger partial charge in [-0.15, -0.1) is 11.3 Å². The third-order valence-electron chi connectivity index (χ3n) is 14.1. The molecule has 6 amide bonds. The molecule has 3 saturated heterocycles.